The molecule has 1 aliphatic heterocycles. The summed E-state index contributed by atoms with van der Waals surface area (Å²) >= 11 is 0. The molecule has 3 rings (SSSR count). The van der Waals surface area contributed by atoms with Crippen LogP contribution in [-0.4, -0.2) is 28.4 Å². The van der Waals surface area contributed by atoms with Gasteiger partial charge < -0.3 is 10.1 Å². The van der Waals surface area contributed by atoms with E-state index in [1.54, 1.807) is 10.9 Å². The van der Waals surface area contributed by atoms with Gasteiger partial charge in [-0.15, -0.1) is 0 Å². The number of ether oxygens (including phenoxy) is 1. The molecular weight excluding hydrogens is 292 g/mol. The lowest BCUT2D eigenvalue weighted by Crippen LogP contribution is -2.16. The predicted octanol–water partition coefficient (Wildman–Crippen LogP) is 2.59. The van der Waals surface area contributed by atoms with Gasteiger partial charge in [-0.25, -0.2) is 8.78 Å². The fourth-order valence-corrected chi connectivity index (χ4v) is 2.43. The van der Waals surface area contributed by atoms with Crippen molar-refractivity contribution in [2.45, 2.75) is 25.5 Å². The minimum atomic E-state index is -0.899. The second kappa shape index (κ2) is 6.23. The van der Waals surface area contributed by atoms with Gasteiger partial charge in [-0.3, -0.25) is 9.48 Å². The van der Waals surface area contributed by atoms with Crippen LogP contribution < -0.4 is 5.32 Å². The maximum absolute atomic E-state index is 13.5. The number of aromatic nitrogens is 2. The summed E-state index contributed by atoms with van der Waals surface area (Å²) in [6.45, 7) is 1.34. The smallest absolute Gasteiger partial charge is 0.261 e. The molecule has 0 spiro atoms. The lowest BCUT2D eigenvalue weighted by molar-refractivity contribution is 0.0940. The molecule has 1 saturated heterocycles. The van der Waals surface area contributed by atoms with Gasteiger partial charge in [0.15, 0.2) is 0 Å². The highest BCUT2D eigenvalue weighted by atomic mass is 19.1. The maximum Gasteiger partial charge on any atom is 0.261 e. The molecule has 0 radical (unpaired) electrons. The van der Waals surface area contributed by atoms with Crippen LogP contribution in [0.3, 0.4) is 0 Å². The molecule has 0 unspecified atom stereocenters. The van der Waals surface area contributed by atoms with E-state index in [4.69, 9.17) is 4.74 Å². The summed E-state index contributed by atoms with van der Waals surface area (Å²) in [4.78, 5) is 12.0. The lowest BCUT2D eigenvalue weighted by atomic mass is 10.2. The van der Waals surface area contributed by atoms with Crippen LogP contribution in [0.4, 0.5) is 14.5 Å². The SMILES string of the molecule is O=C(Nc1cnn(C[C@@H]2CCCO2)c1)c1c(F)cccc1F. The zero-order chi connectivity index (χ0) is 15.5. The first kappa shape index (κ1) is 14.6. The summed E-state index contributed by atoms with van der Waals surface area (Å²) in [7, 11) is 0. The fourth-order valence-electron chi connectivity index (χ4n) is 2.43. The van der Waals surface area contributed by atoms with Crippen LogP contribution >= 0.6 is 0 Å². The molecule has 2 aromatic rings. The van der Waals surface area contributed by atoms with Gasteiger partial charge in [0.2, 0.25) is 0 Å². The largest absolute Gasteiger partial charge is 0.376 e. The normalized spacial score (nSPS) is 17.6. The van der Waals surface area contributed by atoms with Gasteiger partial charge in [-0.1, -0.05) is 6.07 Å². The second-order valence-corrected chi connectivity index (χ2v) is 5.14. The Morgan fingerprint density at radius 2 is 2.18 bits per heavy atom. The molecule has 0 bridgehead atoms. The van der Waals surface area contributed by atoms with Crippen molar-refractivity contribution in [2.24, 2.45) is 0 Å². The molecule has 1 atom stereocenters. The molecule has 22 heavy (non-hydrogen) atoms. The van der Waals surface area contributed by atoms with E-state index in [1.807, 2.05) is 0 Å². The highest BCUT2D eigenvalue weighted by molar-refractivity contribution is 6.04. The predicted molar refractivity (Wildman–Crippen MR) is 75.5 cm³/mol. The van der Waals surface area contributed by atoms with Crippen LogP contribution in [0.5, 0.6) is 0 Å². The Morgan fingerprint density at radius 1 is 1.41 bits per heavy atom. The summed E-state index contributed by atoms with van der Waals surface area (Å²) < 4.78 is 34.2. The summed E-state index contributed by atoms with van der Waals surface area (Å²) in [5, 5.41) is 6.55. The molecule has 7 heteroatoms. The highest BCUT2D eigenvalue weighted by Gasteiger charge is 2.19. The van der Waals surface area contributed by atoms with E-state index in [2.05, 4.69) is 10.4 Å². The quantitative estimate of drug-likeness (QED) is 0.944. The van der Waals surface area contributed by atoms with Crippen molar-refractivity contribution in [3.05, 3.63) is 47.8 Å². The molecule has 1 aromatic carbocycles. The van der Waals surface area contributed by atoms with Crippen molar-refractivity contribution in [2.75, 3.05) is 11.9 Å². The Labute approximate surface area is 125 Å². The number of hydrogen-bond donors (Lipinski definition) is 1. The summed E-state index contributed by atoms with van der Waals surface area (Å²) in [6.07, 6.45) is 5.17. The Kier molecular flexibility index (Phi) is 4.15. The molecule has 2 heterocycles. The van der Waals surface area contributed by atoms with Gasteiger partial charge in [-0.05, 0) is 25.0 Å². The first-order valence-corrected chi connectivity index (χ1v) is 7.03. The van der Waals surface area contributed by atoms with Crippen molar-refractivity contribution in [3.63, 3.8) is 0 Å². The average molecular weight is 307 g/mol. The molecular formula is C15H15F2N3O2. The van der Waals surface area contributed by atoms with Gasteiger partial charge in [-0.2, -0.15) is 5.10 Å². The molecule has 0 aliphatic carbocycles. The van der Waals surface area contributed by atoms with E-state index in [0.717, 1.165) is 31.6 Å². The zero-order valence-electron chi connectivity index (χ0n) is 11.8. The number of rotatable bonds is 4. The van der Waals surface area contributed by atoms with E-state index in [1.165, 1.54) is 12.3 Å². The molecule has 1 aliphatic rings. The zero-order valence-corrected chi connectivity index (χ0v) is 11.8. The minimum Gasteiger partial charge on any atom is -0.376 e. The van der Waals surface area contributed by atoms with Gasteiger partial charge in [0.1, 0.15) is 17.2 Å². The summed E-state index contributed by atoms with van der Waals surface area (Å²) in [5.41, 5.74) is -0.222. The van der Waals surface area contributed by atoms with Crippen LogP contribution in [0.2, 0.25) is 0 Å². The van der Waals surface area contributed by atoms with Crippen molar-refractivity contribution in [3.8, 4) is 0 Å². The first-order valence-electron chi connectivity index (χ1n) is 7.03. The number of benzene rings is 1. The number of amides is 1. The topological polar surface area (TPSA) is 56.2 Å². The van der Waals surface area contributed by atoms with E-state index >= 15 is 0 Å². The van der Waals surface area contributed by atoms with Crippen LogP contribution in [0.1, 0.15) is 23.2 Å². The number of hydrogen-bond acceptors (Lipinski definition) is 3. The molecule has 5 nitrogen and oxygen atoms in total. The molecule has 1 aromatic heterocycles. The number of anilines is 1. The van der Waals surface area contributed by atoms with Crippen LogP contribution in [0.15, 0.2) is 30.6 Å². The van der Waals surface area contributed by atoms with Crippen molar-refractivity contribution in [1.82, 2.24) is 9.78 Å². The van der Waals surface area contributed by atoms with Crippen LogP contribution in [0, 0.1) is 11.6 Å². The van der Waals surface area contributed by atoms with E-state index < -0.39 is 23.1 Å². The molecule has 1 N–H and O–H groups in total. The average Bonchev–Trinajstić information content (AvgIpc) is 3.11. The van der Waals surface area contributed by atoms with Gasteiger partial charge >= 0.3 is 0 Å². The van der Waals surface area contributed by atoms with Crippen molar-refractivity contribution in [1.29, 1.82) is 0 Å². The van der Waals surface area contributed by atoms with Crippen LogP contribution in [0.25, 0.3) is 0 Å². The monoisotopic (exact) mass is 307 g/mol. The Balaban J connectivity index is 1.68. The van der Waals surface area contributed by atoms with Gasteiger partial charge in [0.05, 0.1) is 24.5 Å². The lowest BCUT2D eigenvalue weighted by Gasteiger charge is -2.08. The Morgan fingerprint density at radius 3 is 2.86 bits per heavy atom. The molecule has 1 fully saturated rings. The van der Waals surface area contributed by atoms with Gasteiger partial charge in [0, 0.05) is 12.8 Å². The number of carbonyl (C=O) groups is 1. The number of nitrogens with one attached hydrogen (secondary N) is 1. The molecule has 116 valence electrons. The van der Waals surface area contributed by atoms with E-state index in [-0.39, 0.29) is 6.10 Å². The Bertz CT molecular complexity index is 661. The minimum absolute atomic E-state index is 0.118. The second-order valence-electron chi connectivity index (χ2n) is 5.14. The molecule has 1 amide bonds. The van der Waals surface area contributed by atoms with Gasteiger partial charge in [0.25, 0.3) is 5.91 Å². The van der Waals surface area contributed by atoms with Crippen LogP contribution in [-0.2, 0) is 11.3 Å². The third-order valence-electron chi connectivity index (χ3n) is 3.50. The standard InChI is InChI=1S/C15H15F2N3O2/c16-12-4-1-5-13(17)14(12)15(21)19-10-7-18-20(8-10)9-11-3-2-6-22-11/h1,4-5,7-8,11H,2-3,6,9H2,(H,19,21)/t11-/m0/s1. The number of carbonyl (C=O) groups excluding carboxylic acids is 1. The molecule has 0 saturated carbocycles. The fraction of sp³-hybridized carbons (Fsp3) is 0.333. The Hall–Kier alpha value is -2.28. The third-order valence-corrected chi connectivity index (χ3v) is 3.50. The van der Waals surface area contributed by atoms with E-state index in [0.29, 0.717) is 12.2 Å². The summed E-state index contributed by atoms with van der Waals surface area (Å²) in [6, 6.07) is 3.29. The summed E-state index contributed by atoms with van der Waals surface area (Å²) in [5.74, 6) is -2.64. The van der Waals surface area contributed by atoms with Crippen molar-refractivity contribution < 1.29 is 18.3 Å². The van der Waals surface area contributed by atoms with Crippen molar-refractivity contribution >= 4 is 11.6 Å². The number of nitrogens with zero attached hydrogens (tertiary/aromatic N) is 2. The van der Waals surface area contributed by atoms with E-state index in [9.17, 15) is 13.6 Å². The highest BCUT2D eigenvalue weighted by Crippen LogP contribution is 2.17. The number of halogens is 2. The first-order chi connectivity index (χ1) is 10.6. The maximum atomic E-state index is 13.5. The third kappa shape index (κ3) is 3.14.